The Morgan fingerprint density at radius 3 is 2.54 bits per heavy atom. The maximum Gasteiger partial charge on any atom is 0.205 e. The van der Waals surface area contributed by atoms with E-state index < -0.39 is 0 Å². The molecule has 0 saturated carbocycles. The van der Waals surface area contributed by atoms with Gasteiger partial charge in [-0.1, -0.05) is 18.2 Å². The van der Waals surface area contributed by atoms with Crippen molar-refractivity contribution in [3.63, 3.8) is 0 Å². The maximum atomic E-state index is 12.4. The number of hydrogen-bond acceptors (Lipinski definition) is 5. The Bertz CT molecular complexity index is 921. The first-order valence-corrected chi connectivity index (χ1v) is 8.26. The summed E-state index contributed by atoms with van der Waals surface area (Å²) in [5.74, 6) is 0.752. The molecule has 0 radical (unpaired) electrons. The van der Waals surface area contributed by atoms with E-state index in [1.165, 1.54) is 12.3 Å². The lowest BCUT2D eigenvalue weighted by molar-refractivity contribution is 0.414. The third-order valence-corrected chi connectivity index (χ3v) is 3.97. The Labute approximate surface area is 151 Å². The third-order valence-electron chi connectivity index (χ3n) is 3.97. The van der Waals surface area contributed by atoms with Gasteiger partial charge in [0.15, 0.2) is 0 Å². The van der Waals surface area contributed by atoms with Crippen molar-refractivity contribution in [1.82, 2.24) is 9.78 Å². The van der Waals surface area contributed by atoms with E-state index in [0.29, 0.717) is 12.1 Å². The first-order valence-electron chi connectivity index (χ1n) is 8.26. The minimum Gasteiger partial charge on any atom is -0.497 e. The molecule has 0 fully saturated rings. The van der Waals surface area contributed by atoms with Gasteiger partial charge in [-0.15, -0.1) is 0 Å². The molecule has 0 aliphatic rings. The lowest BCUT2D eigenvalue weighted by Crippen LogP contribution is -2.24. The van der Waals surface area contributed by atoms with E-state index in [9.17, 15) is 4.79 Å². The lowest BCUT2D eigenvalue weighted by Gasteiger charge is -2.18. The highest BCUT2D eigenvalue weighted by atomic mass is 16.5. The van der Waals surface area contributed by atoms with E-state index in [4.69, 9.17) is 10.1 Å². The van der Waals surface area contributed by atoms with Gasteiger partial charge in [0, 0.05) is 24.4 Å². The molecule has 6 heteroatoms. The van der Waals surface area contributed by atoms with Crippen LogP contribution in [0.4, 0.5) is 5.69 Å². The minimum absolute atomic E-state index is 0.162. The molecular formula is C20H20N4O2. The standard InChI is InChI=1S/C20H20N4O2/c1-26-17-9-7-16(8-10-17)24-14-12-19(25)20(23-24)18(11-13-21)22-15-5-3-2-4-6-15/h2-10,12-14,18,21-22H,11H2,1H3. The SMILES string of the molecule is COc1ccc(-n2ccc(=O)c(C(CC=N)Nc3ccccc3)n2)cc1. The molecule has 2 aromatic carbocycles. The van der Waals surface area contributed by atoms with Gasteiger partial charge in [0.1, 0.15) is 11.4 Å². The van der Waals surface area contributed by atoms with Crippen molar-refractivity contribution in [2.75, 3.05) is 12.4 Å². The van der Waals surface area contributed by atoms with Crippen molar-refractivity contribution < 1.29 is 4.74 Å². The van der Waals surface area contributed by atoms with Crippen molar-refractivity contribution in [2.24, 2.45) is 0 Å². The van der Waals surface area contributed by atoms with Crippen LogP contribution in [0.3, 0.4) is 0 Å². The molecule has 6 nitrogen and oxygen atoms in total. The summed E-state index contributed by atoms with van der Waals surface area (Å²) in [6, 6.07) is 18.1. The van der Waals surface area contributed by atoms with Crippen molar-refractivity contribution in [2.45, 2.75) is 12.5 Å². The molecule has 0 bridgehead atoms. The molecule has 0 saturated heterocycles. The predicted molar refractivity (Wildman–Crippen MR) is 103 cm³/mol. The predicted octanol–water partition coefficient (Wildman–Crippen LogP) is 3.43. The molecule has 2 N–H and O–H groups in total. The molecule has 26 heavy (non-hydrogen) atoms. The molecule has 1 heterocycles. The van der Waals surface area contributed by atoms with Crippen LogP contribution in [0.1, 0.15) is 18.2 Å². The minimum atomic E-state index is -0.381. The first kappa shape index (κ1) is 17.4. The first-order chi connectivity index (χ1) is 12.7. The van der Waals surface area contributed by atoms with Crippen molar-refractivity contribution >= 4 is 11.9 Å². The zero-order valence-corrected chi connectivity index (χ0v) is 14.4. The number of anilines is 1. The number of hydrogen-bond donors (Lipinski definition) is 2. The number of rotatable bonds is 7. The van der Waals surface area contributed by atoms with Crippen molar-refractivity contribution in [3.05, 3.63) is 82.8 Å². The molecule has 0 aliphatic heterocycles. The Morgan fingerprint density at radius 1 is 1.15 bits per heavy atom. The van der Waals surface area contributed by atoms with Crippen LogP contribution >= 0.6 is 0 Å². The second kappa shape index (κ2) is 8.11. The van der Waals surface area contributed by atoms with Crippen LogP contribution in [0.25, 0.3) is 5.69 Å². The fourth-order valence-corrected chi connectivity index (χ4v) is 2.63. The average molecular weight is 348 g/mol. The fraction of sp³-hybridized carbons (Fsp3) is 0.150. The van der Waals surface area contributed by atoms with Crippen LogP contribution in [-0.2, 0) is 0 Å². The van der Waals surface area contributed by atoms with E-state index in [2.05, 4.69) is 10.4 Å². The largest absolute Gasteiger partial charge is 0.497 e. The number of methoxy groups -OCH3 is 1. The summed E-state index contributed by atoms with van der Waals surface area (Å²) >= 11 is 0. The number of nitrogens with one attached hydrogen (secondary N) is 2. The Balaban J connectivity index is 1.95. The monoisotopic (exact) mass is 348 g/mol. The second-order valence-electron chi connectivity index (χ2n) is 5.71. The summed E-state index contributed by atoms with van der Waals surface area (Å²) in [5, 5.41) is 15.3. The third kappa shape index (κ3) is 3.97. The highest BCUT2D eigenvalue weighted by Gasteiger charge is 2.16. The van der Waals surface area contributed by atoms with Crippen LogP contribution < -0.4 is 15.5 Å². The molecule has 3 rings (SSSR count). The van der Waals surface area contributed by atoms with Crippen molar-refractivity contribution in [1.29, 1.82) is 5.41 Å². The normalized spacial score (nSPS) is 11.6. The highest BCUT2D eigenvalue weighted by Crippen LogP contribution is 2.19. The molecule has 0 spiro atoms. The summed E-state index contributed by atoms with van der Waals surface area (Å²) in [7, 11) is 1.61. The zero-order valence-electron chi connectivity index (χ0n) is 14.4. The van der Waals surface area contributed by atoms with Crippen LogP contribution in [0.2, 0.25) is 0 Å². The van der Waals surface area contributed by atoms with Gasteiger partial charge < -0.3 is 15.5 Å². The van der Waals surface area contributed by atoms with Crippen molar-refractivity contribution in [3.8, 4) is 11.4 Å². The molecule has 132 valence electrons. The second-order valence-corrected chi connectivity index (χ2v) is 5.71. The molecule has 3 aromatic rings. The number of ether oxygens (including phenoxy) is 1. The van der Waals surface area contributed by atoms with E-state index in [0.717, 1.165) is 17.1 Å². The van der Waals surface area contributed by atoms with Gasteiger partial charge in [-0.3, -0.25) is 4.79 Å². The van der Waals surface area contributed by atoms with Gasteiger partial charge >= 0.3 is 0 Å². The highest BCUT2D eigenvalue weighted by molar-refractivity contribution is 5.57. The topological polar surface area (TPSA) is 80.0 Å². The summed E-state index contributed by atoms with van der Waals surface area (Å²) in [4.78, 5) is 12.4. The Hall–Kier alpha value is -3.41. The quantitative estimate of drug-likeness (QED) is 0.641. The van der Waals surface area contributed by atoms with E-state index in [1.54, 1.807) is 18.0 Å². The van der Waals surface area contributed by atoms with Gasteiger partial charge in [-0.25, -0.2) is 4.68 Å². The average Bonchev–Trinajstić information content (AvgIpc) is 2.69. The van der Waals surface area contributed by atoms with Gasteiger partial charge in [-0.05, 0) is 42.6 Å². The number of aromatic nitrogens is 2. The van der Waals surface area contributed by atoms with Gasteiger partial charge in [0.05, 0.1) is 18.8 Å². The van der Waals surface area contributed by atoms with Gasteiger partial charge in [0.2, 0.25) is 5.43 Å². The maximum absolute atomic E-state index is 12.4. The van der Waals surface area contributed by atoms with E-state index in [1.807, 2.05) is 54.6 Å². The Kier molecular flexibility index (Phi) is 5.43. The van der Waals surface area contributed by atoms with Crippen LogP contribution in [0.15, 0.2) is 71.7 Å². The molecular weight excluding hydrogens is 328 g/mol. The van der Waals surface area contributed by atoms with Gasteiger partial charge in [0.25, 0.3) is 0 Å². The number of nitrogens with zero attached hydrogens (tertiary/aromatic N) is 2. The summed E-state index contributed by atoms with van der Waals surface area (Å²) in [6.45, 7) is 0. The molecule has 1 atom stereocenters. The summed E-state index contributed by atoms with van der Waals surface area (Å²) in [6.07, 6.45) is 3.29. The van der Waals surface area contributed by atoms with Crippen LogP contribution in [0, 0.1) is 5.41 Å². The summed E-state index contributed by atoms with van der Waals surface area (Å²) < 4.78 is 6.82. The van der Waals surface area contributed by atoms with Gasteiger partial charge in [-0.2, -0.15) is 5.10 Å². The zero-order chi connectivity index (χ0) is 18.4. The van der Waals surface area contributed by atoms with Crippen LogP contribution in [-0.4, -0.2) is 23.1 Å². The Morgan fingerprint density at radius 2 is 1.88 bits per heavy atom. The molecule has 0 amide bonds. The van der Waals surface area contributed by atoms with Crippen LogP contribution in [0.5, 0.6) is 5.75 Å². The number of para-hydroxylation sites is 1. The summed E-state index contributed by atoms with van der Waals surface area (Å²) in [5.41, 5.74) is 1.90. The molecule has 1 aromatic heterocycles. The van der Waals surface area contributed by atoms with E-state index >= 15 is 0 Å². The lowest BCUT2D eigenvalue weighted by atomic mass is 10.1. The molecule has 0 aliphatic carbocycles. The fourth-order valence-electron chi connectivity index (χ4n) is 2.63. The molecule has 1 unspecified atom stereocenters. The van der Waals surface area contributed by atoms with E-state index in [-0.39, 0.29) is 11.5 Å². The number of benzene rings is 2. The smallest absolute Gasteiger partial charge is 0.205 e.